The Balaban J connectivity index is 2.83. The van der Waals surface area contributed by atoms with Gasteiger partial charge >= 0.3 is 11.7 Å². The summed E-state index contributed by atoms with van der Waals surface area (Å²) in [6.45, 7) is 1.35. The number of phenols is 2. The third-order valence-electron chi connectivity index (χ3n) is 3.28. The van der Waals surface area contributed by atoms with E-state index in [-0.39, 0.29) is 6.61 Å². The molecule has 2 aromatic rings. The molecule has 0 amide bonds. The van der Waals surface area contributed by atoms with Crippen molar-refractivity contribution in [2.24, 2.45) is 0 Å². The van der Waals surface area contributed by atoms with E-state index in [1.807, 2.05) is 0 Å². The van der Waals surface area contributed by atoms with Gasteiger partial charge in [0, 0.05) is 0 Å². The van der Waals surface area contributed by atoms with Gasteiger partial charge in [-0.25, -0.2) is 9.18 Å². The highest BCUT2D eigenvalue weighted by molar-refractivity contribution is 6.17. The first kappa shape index (κ1) is 17.9. The van der Waals surface area contributed by atoms with Crippen LogP contribution in [0.1, 0.15) is 33.2 Å². The van der Waals surface area contributed by atoms with E-state index in [1.54, 1.807) is 0 Å². The summed E-state index contributed by atoms with van der Waals surface area (Å²) < 4.78 is 18.6. The number of nitro benzene ring substituents is 1. The second kappa shape index (κ2) is 6.95. The van der Waals surface area contributed by atoms with Crippen molar-refractivity contribution in [3.63, 3.8) is 0 Å². The minimum Gasteiger partial charge on any atom is -0.504 e. The average molecular weight is 349 g/mol. The Morgan fingerprint density at radius 2 is 1.88 bits per heavy atom. The molecule has 0 bridgehead atoms. The highest BCUT2D eigenvalue weighted by Gasteiger charge is 2.35. The molecule has 8 nitrogen and oxygen atoms in total. The summed E-state index contributed by atoms with van der Waals surface area (Å²) in [6.07, 6.45) is 0. The Labute approximate surface area is 140 Å². The topological polar surface area (TPSA) is 127 Å². The molecular formula is C16H12FNO7. The zero-order chi connectivity index (χ0) is 18.7. The lowest BCUT2D eigenvalue weighted by molar-refractivity contribution is -0.386. The zero-order valence-corrected chi connectivity index (χ0v) is 12.9. The highest BCUT2D eigenvalue weighted by Crippen LogP contribution is 2.41. The minimum atomic E-state index is -1.21. The molecule has 9 heteroatoms. The second-order valence-electron chi connectivity index (χ2n) is 4.80. The number of esters is 1. The molecular weight excluding hydrogens is 337 g/mol. The van der Waals surface area contributed by atoms with Crippen molar-refractivity contribution in [1.29, 1.82) is 0 Å². The number of halogens is 1. The molecule has 0 unspecified atom stereocenters. The van der Waals surface area contributed by atoms with E-state index in [4.69, 9.17) is 4.74 Å². The molecule has 0 fully saturated rings. The third-order valence-corrected chi connectivity index (χ3v) is 3.28. The Kier molecular flexibility index (Phi) is 4.97. The van der Waals surface area contributed by atoms with Crippen LogP contribution in [0.3, 0.4) is 0 Å². The van der Waals surface area contributed by atoms with Gasteiger partial charge in [-0.05, 0) is 25.1 Å². The van der Waals surface area contributed by atoms with Crippen LogP contribution in [0.2, 0.25) is 0 Å². The molecule has 0 aliphatic carbocycles. The van der Waals surface area contributed by atoms with Crippen molar-refractivity contribution in [1.82, 2.24) is 0 Å². The van der Waals surface area contributed by atoms with Crippen LogP contribution in [0.25, 0.3) is 0 Å². The normalized spacial score (nSPS) is 10.3. The molecule has 25 heavy (non-hydrogen) atoms. The molecule has 2 N–H and O–H groups in total. The number of hydrogen-bond acceptors (Lipinski definition) is 7. The van der Waals surface area contributed by atoms with E-state index in [2.05, 4.69) is 0 Å². The van der Waals surface area contributed by atoms with Crippen LogP contribution < -0.4 is 0 Å². The Morgan fingerprint density at radius 3 is 2.44 bits per heavy atom. The summed E-state index contributed by atoms with van der Waals surface area (Å²) >= 11 is 0. The summed E-state index contributed by atoms with van der Waals surface area (Å²) in [4.78, 5) is 34.8. The van der Waals surface area contributed by atoms with Crippen LogP contribution in [0, 0.1) is 15.9 Å². The van der Waals surface area contributed by atoms with E-state index in [0.717, 1.165) is 12.1 Å². The number of nitrogens with zero attached hydrogens (tertiary/aromatic N) is 1. The van der Waals surface area contributed by atoms with Gasteiger partial charge in [0.15, 0.2) is 5.75 Å². The standard InChI is InChI=1S/C16H12FNO7/c1-2-25-16(22)9-7-11(19)15(21)13(18(23)24)12(9)14(20)8-5-3-4-6-10(8)17/h3-7,19,21H,2H2,1H3. The Hall–Kier alpha value is -3.49. The Morgan fingerprint density at radius 1 is 1.24 bits per heavy atom. The summed E-state index contributed by atoms with van der Waals surface area (Å²) in [5, 5.41) is 30.7. The molecule has 0 heterocycles. The third kappa shape index (κ3) is 3.25. The quantitative estimate of drug-likeness (QED) is 0.279. The first-order valence-corrected chi connectivity index (χ1v) is 6.99. The predicted molar refractivity (Wildman–Crippen MR) is 82.2 cm³/mol. The van der Waals surface area contributed by atoms with E-state index in [0.29, 0.717) is 6.07 Å². The van der Waals surface area contributed by atoms with Gasteiger partial charge in [0.05, 0.1) is 22.7 Å². The van der Waals surface area contributed by atoms with Crippen molar-refractivity contribution < 1.29 is 33.9 Å². The minimum absolute atomic E-state index is 0.110. The van der Waals surface area contributed by atoms with Crippen LogP contribution in [0.15, 0.2) is 30.3 Å². The smallest absolute Gasteiger partial charge is 0.339 e. The lowest BCUT2D eigenvalue weighted by Gasteiger charge is -2.11. The van der Waals surface area contributed by atoms with Crippen molar-refractivity contribution in [3.05, 3.63) is 63.0 Å². The summed E-state index contributed by atoms with van der Waals surface area (Å²) in [5.74, 6) is -5.51. The van der Waals surface area contributed by atoms with Gasteiger partial charge < -0.3 is 14.9 Å². The van der Waals surface area contributed by atoms with Crippen molar-refractivity contribution >= 4 is 17.4 Å². The second-order valence-corrected chi connectivity index (χ2v) is 4.80. The van der Waals surface area contributed by atoms with Gasteiger partial charge in [-0.15, -0.1) is 0 Å². The number of nitro groups is 1. The molecule has 2 aromatic carbocycles. The number of carbonyl (C=O) groups is 2. The molecule has 0 saturated heterocycles. The maximum absolute atomic E-state index is 13.9. The van der Waals surface area contributed by atoms with Crippen molar-refractivity contribution in [3.8, 4) is 11.5 Å². The van der Waals surface area contributed by atoms with Crippen LogP contribution in [0.4, 0.5) is 10.1 Å². The molecule has 0 spiro atoms. The monoisotopic (exact) mass is 349 g/mol. The van der Waals surface area contributed by atoms with E-state index in [9.17, 15) is 34.3 Å². The fraction of sp³-hybridized carbons (Fsp3) is 0.125. The first-order chi connectivity index (χ1) is 11.8. The number of rotatable bonds is 5. The van der Waals surface area contributed by atoms with Gasteiger partial charge in [0.25, 0.3) is 0 Å². The van der Waals surface area contributed by atoms with E-state index >= 15 is 0 Å². The summed E-state index contributed by atoms with van der Waals surface area (Å²) in [6, 6.07) is 5.32. The number of carbonyl (C=O) groups excluding carboxylic acids is 2. The molecule has 0 saturated carbocycles. The van der Waals surface area contributed by atoms with Gasteiger partial charge in [-0.1, -0.05) is 12.1 Å². The van der Waals surface area contributed by atoms with Crippen molar-refractivity contribution in [2.45, 2.75) is 6.92 Å². The maximum atomic E-state index is 13.9. The lowest BCUT2D eigenvalue weighted by atomic mass is 9.95. The van der Waals surface area contributed by atoms with Gasteiger partial charge in [-0.2, -0.15) is 0 Å². The van der Waals surface area contributed by atoms with Crippen molar-refractivity contribution in [2.75, 3.05) is 6.61 Å². The Bertz CT molecular complexity index is 879. The zero-order valence-electron chi connectivity index (χ0n) is 12.9. The van der Waals surface area contributed by atoms with Crippen LogP contribution in [-0.2, 0) is 4.74 Å². The number of ketones is 1. The molecule has 0 aromatic heterocycles. The molecule has 0 radical (unpaired) electrons. The van der Waals surface area contributed by atoms with E-state index < -0.39 is 56.4 Å². The fourth-order valence-electron chi connectivity index (χ4n) is 2.20. The van der Waals surface area contributed by atoms with Gasteiger partial charge in [-0.3, -0.25) is 14.9 Å². The maximum Gasteiger partial charge on any atom is 0.339 e. The number of phenolic OH excluding ortho intramolecular Hbond substituents is 2. The molecule has 0 aliphatic heterocycles. The van der Waals surface area contributed by atoms with Gasteiger partial charge in [0.2, 0.25) is 11.5 Å². The predicted octanol–water partition coefficient (Wildman–Crippen LogP) is 2.55. The average Bonchev–Trinajstić information content (AvgIpc) is 2.56. The van der Waals surface area contributed by atoms with E-state index in [1.165, 1.54) is 19.1 Å². The molecule has 130 valence electrons. The largest absolute Gasteiger partial charge is 0.504 e. The van der Waals surface area contributed by atoms with Crippen LogP contribution >= 0.6 is 0 Å². The first-order valence-electron chi connectivity index (χ1n) is 6.99. The highest BCUT2D eigenvalue weighted by atomic mass is 19.1. The van der Waals surface area contributed by atoms with Gasteiger partial charge in [0.1, 0.15) is 11.4 Å². The van der Waals surface area contributed by atoms with Crippen LogP contribution in [-0.4, -0.2) is 33.5 Å². The van der Waals surface area contributed by atoms with Crippen LogP contribution in [0.5, 0.6) is 11.5 Å². The SMILES string of the molecule is CCOC(=O)c1cc(O)c(O)c([N+](=O)[O-])c1C(=O)c1ccccc1F. The molecule has 2 rings (SSSR count). The summed E-state index contributed by atoms with van der Waals surface area (Å²) in [7, 11) is 0. The summed E-state index contributed by atoms with van der Waals surface area (Å²) in [5.41, 5.74) is -3.28. The lowest BCUT2D eigenvalue weighted by Crippen LogP contribution is -2.16. The molecule has 0 atom stereocenters. The molecule has 0 aliphatic rings. The number of benzene rings is 2. The fourth-order valence-corrected chi connectivity index (χ4v) is 2.20. The number of ether oxygens (including phenoxy) is 1. The number of aromatic hydroxyl groups is 2. The number of hydrogen-bond donors (Lipinski definition) is 2.